The van der Waals surface area contributed by atoms with Crippen molar-refractivity contribution in [3.63, 3.8) is 0 Å². The van der Waals surface area contributed by atoms with Crippen molar-refractivity contribution in [3.8, 4) is 0 Å². The summed E-state index contributed by atoms with van der Waals surface area (Å²) in [4.78, 5) is 0. The van der Waals surface area contributed by atoms with Gasteiger partial charge in [0, 0.05) is 4.47 Å². The maximum absolute atomic E-state index is 6.53. The maximum Gasteiger partial charge on any atom is 0.0835 e. The Morgan fingerprint density at radius 3 is 2.00 bits per heavy atom. The molecule has 2 aromatic rings. The van der Waals surface area contributed by atoms with E-state index >= 15 is 0 Å². The predicted molar refractivity (Wildman–Crippen MR) is 86.9 cm³/mol. The average molecular weight is 338 g/mol. The van der Waals surface area contributed by atoms with Crippen LogP contribution in [0.2, 0.25) is 0 Å². The lowest BCUT2D eigenvalue weighted by Crippen LogP contribution is -1.94. The Hall–Kier alpha value is -0.790. The van der Waals surface area contributed by atoms with E-state index in [0.29, 0.717) is 0 Å². The molecule has 0 aliphatic rings. The molecule has 2 heteroatoms. The first-order valence-electron chi connectivity index (χ1n) is 6.69. The molecule has 0 aliphatic carbocycles. The highest BCUT2D eigenvalue weighted by Crippen LogP contribution is 2.29. The highest BCUT2D eigenvalue weighted by molar-refractivity contribution is 9.10. The van der Waals surface area contributed by atoms with Crippen LogP contribution in [-0.4, -0.2) is 0 Å². The van der Waals surface area contributed by atoms with Gasteiger partial charge < -0.3 is 0 Å². The quantitative estimate of drug-likeness (QED) is 0.576. The lowest BCUT2D eigenvalue weighted by atomic mass is 10.0. The molecular formula is C17H18BrCl. The lowest BCUT2D eigenvalue weighted by molar-refractivity contribution is 0.794. The molecule has 0 bridgehead atoms. The summed E-state index contributed by atoms with van der Waals surface area (Å²) in [5.74, 6) is 0. The molecule has 1 unspecified atom stereocenters. The Bertz CT molecular complexity index is 502. The zero-order chi connectivity index (χ0) is 13.7. The Balaban J connectivity index is 2.10. The van der Waals surface area contributed by atoms with Crippen LogP contribution in [0.4, 0.5) is 0 Å². The molecule has 0 saturated heterocycles. The summed E-state index contributed by atoms with van der Waals surface area (Å²) >= 11 is 9.97. The molecule has 0 aromatic heterocycles. The van der Waals surface area contributed by atoms with Crippen LogP contribution in [-0.2, 0) is 6.42 Å². The normalized spacial score (nSPS) is 12.4. The minimum absolute atomic E-state index is 0.0756. The molecule has 0 nitrogen and oxygen atoms in total. The Morgan fingerprint density at radius 2 is 1.47 bits per heavy atom. The maximum atomic E-state index is 6.53. The predicted octanol–water partition coefficient (Wildman–Crippen LogP) is 6.12. The molecule has 0 heterocycles. The minimum atomic E-state index is -0.0756. The molecule has 0 aliphatic heterocycles. The van der Waals surface area contributed by atoms with Gasteiger partial charge in [-0.25, -0.2) is 0 Å². The molecule has 0 amide bonds. The molecule has 2 rings (SSSR count). The fourth-order valence-electron chi connectivity index (χ4n) is 2.06. The molecule has 1 atom stereocenters. The molecule has 19 heavy (non-hydrogen) atoms. The van der Waals surface area contributed by atoms with E-state index in [4.69, 9.17) is 11.6 Å². The summed E-state index contributed by atoms with van der Waals surface area (Å²) in [7, 11) is 0. The number of hydrogen-bond donors (Lipinski definition) is 0. The van der Waals surface area contributed by atoms with E-state index in [1.807, 2.05) is 12.1 Å². The SMILES string of the molecule is CCCCc1ccc(C(Cl)c2ccc(Br)cc2)cc1. The standard InChI is InChI=1S/C17H18BrCl/c1-2-3-4-13-5-7-14(8-6-13)17(19)15-9-11-16(18)12-10-15/h5-12,17H,2-4H2,1H3. The van der Waals surface area contributed by atoms with E-state index in [2.05, 4.69) is 59.3 Å². The van der Waals surface area contributed by atoms with Crippen molar-refractivity contribution in [2.45, 2.75) is 31.6 Å². The Labute approximate surface area is 128 Å². The molecule has 0 radical (unpaired) electrons. The zero-order valence-corrected chi connectivity index (χ0v) is 13.4. The third-order valence-electron chi connectivity index (χ3n) is 3.25. The Kier molecular flexibility index (Phi) is 5.47. The van der Waals surface area contributed by atoms with Crippen LogP contribution in [0.15, 0.2) is 53.0 Å². The summed E-state index contributed by atoms with van der Waals surface area (Å²) in [6.07, 6.45) is 3.64. The van der Waals surface area contributed by atoms with Gasteiger partial charge in [0.1, 0.15) is 0 Å². The number of hydrogen-bond acceptors (Lipinski definition) is 0. The third kappa shape index (κ3) is 4.09. The highest BCUT2D eigenvalue weighted by Gasteiger charge is 2.10. The van der Waals surface area contributed by atoms with Gasteiger partial charge in [-0.2, -0.15) is 0 Å². The van der Waals surface area contributed by atoms with Gasteiger partial charge in [0.15, 0.2) is 0 Å². The van der Waals surface area contributed by atoms with Crippen LogP contribution in [0.25, 0.3) is 0 Å². The number of rotatable bonds is 5. The van der Waals surface area contributed by atoms with Crippen LogP contribution in [0.5, 0.6) is 0 Å². The van der Waals surface area contributed by atoms with Crippen LogP contribution in [0, 0.1) is 0 Å². The number of benzene rings is 2. The van der Waals surface area contributed by atoms with Crippen molar-refractivity contribution >= 4 is 27.5 Å². The summed E-state index contributed by atoms with van der Waals surface area (Å²) in [5.41, 5.74) is 3.68. The van der Waals surface area contributed by atoms with Crippen molar-refractivity contribution in [3.05, 3.63) is 69.7 Å². The van der Waals surface area contributed by atoms with Gasteiger partial charge in [0.2, 0.25) is 0 Å². The van der Waals surface area contributed by atoms with E-state index in [1.165, 1.54) is 18.4 Å². The minimum Gasteiger partial charge on any atom is -0.113 e. The van der Waals surface area contributed by atoms with Gasteiger partial charge in [0.05, 0.1) is 5.38 Å². The molecule has 2 aromatic carbocycles. The first-order chi connectivity index (χ1) is 9.20. The Morgan fingerprint density at radius 1 is 0.947 bits per heavy atom. The molecular weight excluding hydrogens is 320 g/mol. The first kappa shape index (κ1) is 14.6. The van der Waals surface area contributed by atoms with Crippen molar-refractivity contribution in [2.24, 2.45) is 0 Å². The average Bonchev–Trinajstić information content (AvgIpc) is 2.46. The monoisotopic (exact) mass is 336 g/mol. The molecule has 100 valence electrons. The van der Waals surface area contributed by atoms with E-state index in [-0.39, 0.29) is 5.38 Å². The van der Waals surface area contributed by atoms with E-state index in [9.17, 15) is 0 Å². The smallest absolute Gasteiger partial charge is 0.0835 e. The summed E-state index contributed by atoms with van der Waals surface area (Å²) in [5, 5.41) is -0.0756. The van der Waals surface area contributed by atoms with E-state index < -0.39 is 0 Å². The van der Waals surface area contributed by atoms with Crippen molar-refractivity contribution in [1.29, 1.82) is 0 Å². The van der Waals surface area contributed by atoms with Gasteiger partial charge in [-0.05, 0) is 41.7 Å². The fourth-order valence-corrected chi connectivity index (χ4v) is 2.61. The summed E-state index contributed by atoms with van der Waals surface area (Å²) in [6, 6.07) is 16.9. The van der Waals surface area contributed by atoms with Crippen molar-refractivity contribution in [2.75, 3.05) is 0 Å². The summed E-state index contributed by atoms with van der Waals surface area (Å²) < 4.78 is 1.08. The van der Waals surface area contributed by atoms with Crippen molar-refractivity contribution < 1.29 is 0 Å². The topological polar surface area (TPSA) is 0 Å². The van der Waals surface area contributed by atoms with Gasteiger partial charge in [0.25, 0.3) is 0 Å². The first-order valence-corrected chi connectivity index (χ1v) is 7.92. The number of aryl methyl sites for hydroxylation is 1. The van der Waals surface area contributed by atoms with Gasteiger partial charge in [-0.3, -0.25) is 0 Å². The lowest BCUT2D eigenvalue weighted by Gasteiger charge is -2.11. The highest BCUT2D eigenvalue weighted by atomic mass is 79.9. The second kappa shape index (κ2) is 7.12. The van der Waals surface area contributed by atoms with Crippen LogP contribution in [0.1, 0.15) is 41.8 Å². The van der Waals surface area contributed by atoms with Crippen LogP contribution in [0.3, 0.4) is 0 Å². The molecule has 0 fully saturated rings. The second-order valence-corrected chi connectivity index (χ2v) is 6.11. The number of halogens is 2. The second-order valence-electron chi connectivity index (χ2n) is 4.76. The number of unbranched alkanes of at least 4 members (excludes halogenated alkanes) is 1. The van der Waals surface area contributed by atoms with Crippen LogP contribution < -0.4 is 0 Å². The molecule has 0 N–H and O–H groups in total. The van der Waals surface area contributed by atoms with Crippen molar-refractivity contribution in [1.82, 2.24) is 0 Å². The van der Waals surface area contributed by atoms with Gasteiger partial charge >= 0.3 is 0 Å². The van der Waals surface area contributed by atoms with E-state index in [0.717, 1.165) is 22.0 Å². The number of alkyl halides is 1. The molecule has 0 saturated carbocycles. The fraction of sp³-hybridized carbons (Fsp3) is 0.294. The van der Waals surface area contributed by atoms with Gasteiger partial charge in [-0.15, -0.1) is 11.6 Å². The summed E-state index contributed by atoms with van der Waals surface area (Å²) in [6.45, 7) is 2.22. The molecule has 0 spiro atoms. The van der Waals surface area contributed by atoms with Crippen LogP contribution >= 0.6 is 27.5 Å². The van der Waals surface area contributed by atoms with Gasteiger partial charge in [-0.1, -0.05) is 65.7 Å². The zero-order valence-electron chi connectivity index (χ0n) is 11.1. The third-order valence-corrected chi connectivity index (χ3v) is 4.29. The largest absolute Gasteiger partial charge is 0.113 e. The van der Waals surface area contributed by atoms with E-state index in [1.54, 1.807) is 0 Å².